The molecule has 0 aliphatic heterocycles. The molecule has 1 aromatic rings. The number of amides is 1. The molecule has 0 bridgehead atoms. The highest BCUT2D eigenvalue weighted by Gasteiger charge is 2.27. The number of nitrogens with one attached hydrogen (secondary N) is 1. The maximum Gasteiger partial charge on any atom is 0.227 e. The summed E-state index contributed by atoms with van der Waals surface area (Å²) in [5.74, 6) is 0.237. The Bertz CT molecular complexity index is 404. The Balaban J connectivity index is 2.73. The largest absolute Gasteiger partial charge is 0.349 e. The van der Waals surface area contributed by atoms with Crippen LogP contribution in [-0.4, -0.2) is 11.8 Å². The van der Waals surface area contributed by atoms with E-state index in [4.69, 9.17) is 23.2 Å². The average molecular weight is 274 g/mol. The van der Waals surface area contributed by atoms with Crippen molar-refractivity contribution >= 4 is 29.1 Å². The van der Waals surface area contributed by atoms with Crippen LogP contribution < -0.4 is 5.32 Å². The highest BCUT2D eigenvalue weighted by molar-refractivity contribution is 6.30. The van der Waals surface area contributed by atoms with Crippen molar-refractivity contribution in [3.05, 3.63) is 34.9 Å². The molecule has 0 spiro atoms. The maximum absolute atomic E-state index is 11.9. The van der Waals surface area contributed by atoms with Gasteiger partial charge >= 0.3 is 0 Å². The quantitative estimate of drug-likeness (QED) is 0.832. The molecule has 0 radical (unpaired) electrons. The van der Waals surface area contributed by atoms with Gasteiger partial charge in [0.05, 0.1) is 11.5 Å². The molecule has 1 N–H and O–H groups in total. The van der Waals surface area contributed by atoms with Crippen molar-refractivity contribution in [3.8, 4) is 0 Å². The van der Waals surface area contributed by atoms with E-state index in [1.165, 1.54) is 0 Å². The summed E-state index contributed by atoms with van der Waals surface area (Å²) >= 11 is 11.7. The van der Waals surface area contributed by atoms with Crippen LogP contribution in [0.4, 0.5) is 0 Å². The number of hydrogen-bond acceptors (Lipinski definition) is 1. The zero-order chi connectivity index (χ0) is 13.1. The van der Waals surface area contributed by atoms with Gasteiger partial charge in [-0.15, -0.1) is 11.6 Å². The molecule has 0 fully saturated rings. The van der Waals surface area contributed by atoms with E-state index < -0.39 is 5.41 Å². The Labute approximate surface area is 112 Å². The molecule has 94 valence electrons. The first-order chi connectivity index (χ1) is 7.86. The van der Waals surface area contributed by atoms with E-state index in [9.17, 15) is 4.79 Å². The molecular formula is C13H17Cl2NO. The minimum Gasteiger partial charge on any atom is -0.349 e. The van der Waals surface area contributed by atoms with Gasteiger partial charge < -0.3 is 5.32 Å². The van der Waals surface area contributed by atoms with Crippen LogP contribution in [0.3, 0.4) is 0 Å². The van der Waals surface area contributed by atoms with Crippen LogP contribution in [0.5, 0.6) is 0 Å². The number of carbonyl (C=O) groups is 1. The zero-order valence-corrected chi connectivity index (χ0v) is 11.8. The second-order valence-electron chi connectivity index (χ2n) is 4.77. The van der Waals surface area contributed by atoms with Crippen molar-refractivity contribution in [1.82, 2.24) is 5.32 Å². The third-order valence-corrected chi connectivity index (χ3v) is 3.55. The minimum absolute atomic E-state index is 0.0556. The normalized spacial score (nSPS) is 13.2. The first-order valence-corrected chi connectivity index (χ1v) is 6.40. The first-order valence-electron chi connectivity index (χ1n) is 5.49. The van der Waals surface area contributed by atoms with Gasteiger partial charge in [0.15, 0.2) is 0 Å². The van der Waals surface area contributed by atoms with Crippen LogP contribution >= 0.6 is 23.2 Å². The molecule has 0 saturated heterocycles. The summed E-state index contributed by atoms with van der Waals surface area (Å²) in [7, 11) is 0. The average Bonchev–Trinajstić information content (AvgIpc) is 2.28. The molecule has 17 heavy (non-hydrogen) atoms. The monoisotopic (exact) mass is 273 g/mol. The summed E-state index contributed by atoms with van der Waals surface area (Å²) < 4.78 is 0. The van der Waals surface area contributed by atoms with Gasteiger partial charge in [0.1, 0.15) is 0 Å². The van der Waals surface area contributed by atoms with Gasteiger partial charge in [-0.1, -0.05) is 23.7 Å². The van der Waals surface area contributed by atoms with Gasteiger partial charge in [-0.2, -0.15) is 0 Å². The van der Waals surface area contributed by atoms with E-state index in [0.717, 1.165) is 5.56 Å². The van der Waals surface area contributed by atoms with E-state index in [-0.39, 0.29) is 11.9 Å². The number of benzene rings is 1. The number of carbonyl (C=O) groups excluding carboxylic acids is 1. The predicted octanol–water partition coefficient (Wildman–Crippen LogP) is 3.78. The Morgan fingerprint density at radius 1 is 1.47 bits per heavy atom. The molecule has 0 aromatic heterocycles. The van der Waals surface area contributed by atoms with Crippen LogP contribution in [0, 0.1) is 5.41 Å². The molecule has 0 aliphatic rings. The molecule has 1 amide bonds. The van der Waals surface area contributed by atoms with E-state index in [2.05, 4.69) is 5.32 Å². The fraction of sp³-hybridized carbons (Fsp3) is 0.462. The number of halogens is 2. The Morgan fingerprint density at radius 3 is 2.65 bits per heavy atom. The highest BCUT2D eigenvalue weighted by atomic mass is 35.5. The van der Waals surface area contributed by atoms with Crippen molar-refractivity contribution in [1.29, 1.82) is 0 Å². The van der Waals surface area contributed by atoms with Crippen molar-refractivity contribution in [3.63, 3.8) is 0 Å². The van der Waals surface area contributed by atoms with Crippen LogP contribution in [0.2, 0.25) is 5.02 Å². The van der Waals surface area contributed by atoms with Crippen LogP contribution in [-0.2, 0) is 4.79 Å². The van der Waals surface area contributed by atoms with E-state index >= 15 is 0 Å². The molecule has 0 heterocycles. The lowest BCUT2D eigenvalue weighted by atomic mass is 9.94. The standard InChI is InChI=1S/C13H17Cl2NO/c1-9(10-5-4-6-11(15)7-10)16-12(17)13(2,3)8-14/h4-7,9H,8H2,1-3H3,(H,16,17)/t9-/m0/s1. The third kappa shape index (κ3) is 3.90. The summed E-state index contributed by atoms with van der Waals surface area (Å²) in [6, 6.07) is 7.38. The Kier molecular flexibility index (Phi) is 4.84. The maximum atomic E-state index is 11.9. The number of rotatable bonds is 4. The van der Waals surface area contributed by atoms with Gasteiger partial charge in [-0.25, -0.2) is 0 Å². The topological polar surface area (TPSA) is 29.1 Å². The SMILES string of the molecule is C[C@H](NC(=O)C(C)(C)CCl)c1cccc(Cl)c1. The predicted molar refractivity (Wildman–Crippen MR) is 72.5 cm³/mol. The van der Waals surface area contributed by atoms with Gasteiger partial charge in [0, 0.05) is 10.9 Å². The lowest BCUT2D eigenvalue weighted by Crippen LogP contribution is -2.39. The van der Waals surface area contributed by atoms with Gasteiger partial charge in [0.25, 0.3) is 0 Å². The fourth-order valence-electron chi connectivity index (χ4n) is 1.31. The number of hydrogen-bond donors (Lipinski definition) is 1. The molecule has 0 unspecified atom stereocenters. The lowest BCUT2D eigenvalue weighted by molar-refractivity contribution is -0.129. The lowest BCUT2D eigenvalue weighted by Gasteiger charge is -2.24. The smallest absolute Gasteiger partial charge is 0.227 e. The molecule has 2 nitrogen and oxygen atoms in total. The summed E-state index contributed by atoms with van der Waals surface area (Å²) in [5.41, 5.74) is 0.421. The summed E-state index contributed by atoms with van der Waals surface area (Å²) in [6.45, 7) is 5.56. The number of alkyl halides is 1. The molecule has 0 aliphatic carbocycles. The summed E-state index contributed by atoms with van der Waals surface area (Å²) in [5, 5.41) is 3.60. The van der Waals surface area contributed by atoms with Crippen LogP contribution in [0.25, 0.3) is 0 Å². The molecular weight excluding hydrogens is 257 g/mol. The second-order valence-corrected chi connectivity index (χ2v) is 5.47. The minimum atomic E-state index is -0.561. The molecule has 0 saturated carbocycles. The summed E-state index contributed by atoms with van der Waals surface area (Å²) in [4.78, 5) is 11.9. The Hall–Kier alpha value is -0.730. The van der Waals surface area contributed by atoms with Crippen molar-refractivity contribution in [2.45, 2.75) is 26.8 Å². The van der Waals surface area contributed by atoms with Crippen molar-refractivity contribution < 1.29 is 4.79 Å². The second kappa shape index (κ2) is 5.74. The van der Waals surface area contributed by atoms with Gasteiger partial charge in [0.2, 0.25) is 5.91 Å². The third-order valence-electron chi connectivity index (χ3n) is 2.65. The van der Waals surface area contributed by atoms with Gasteiger partial charge in [-0.05, 0) is 38.5 Å². The fourth-order valence-corrected chi connectivity index (χ4v) is 1.63. The molecule has 1 aromatic carbocycles. The molecule has 4 heteroatoms. The van der Waals surface area contributed by atoms with Gasteiger partial charge in [-0.3, -0.25) is 4.79 Å². The van der Waals surface area contributed by atoms with Crippen molar-refractivity contribution in [2.75, 3.05) is 5.88 Å². The van der Waals surface area contributed by atoms with Crippen molar-refractivity contribution in [2.24, 2.45) is 5.41 Å². The van der Waals surface area contributed by atoms with E-state index in [1.807, 2.05) is 45.0 Å². The van der Waals surface area contributed by atoms with E-state index in [1.54, 1.807) is 0 Å². The van der Waals surface area contributed by atoms with E-state index in [0.29, 0.717) is 10.9 Å². The molecule has 1 rings (SSSR count). The Morgan fingerprint density at radius 2 is 2.12 bits per heavy atom. The summed E-state index contributed by atoms with van der Waals surface area (Å²) in [6.07, 6.45) is 0. The zero-order valence-electron chi connectivity index (χ0n) is 10.3. The van der Waals surface area contributed by atoms with Crippen LogP contribution in [0.15, 0.2) is 24.3 Å². The first kappa shape index (κ1) is 14.3. The van der Waals surface area contributed by atoms with Crippen LogP contribution in [0.1, 0.15) is 32.4 Å². The highest BCUT2D eigenvalue weighted by Crippen LogP contribution is 2.21. The molecule has 1 atom stereocenters.